The first-order chi connectivity index (χ1) is 7.72. The van der Waals surface area contributed by atoms with Crippen LogP contribution >= 0.6 is 0 Å². The number of hydrogen-bond acceptors (Lipinski definition) is 2. The minimum Gasteiger partial charge on any atom is -0.330 e. The highest BCUT2D eigenvalue weighted by Crippen LogP contribution is 2.26. The van der Waals surface area contributed by atoms with Gasteiger partial charge in [0.2, 0.25) is 0 Å². The molecule has 1 heterocycles. The Morgan fingerprint density at radius 1 is 1.44 bits per heavy atom. The highest BCUT2D eigenvalue weighted by atomic mass is 19.1. The first-order valence-corrected chi connectivity index (χ1v) is 5.22. The van der Waals surface area contributed by atoms with Crippen LogP contribution in [0.25, 0.3) is 11.1 Å². The van der Waals surface area contributed by atoms with Gasteiger partial charge >= 0.3 is 0 Å². The van der Waals surface area contributed by atoms with Crippen LogP contribution in [0.3, 0.4) is 0 Å². The lowest BCUT2D eigenvalue weighted by molar-refractivity contribution is 0.628. The molecule has 0 saturated heterocycles. The van der Waals surface area contributed by atoms with Crippen molar-refractivity contribution in [2.75, 3.05) is 6.54 Å². The van der Waals surface area contributed by atoms with Crippen molar-refractivity contribution in [2.45, 2.75) is 13.3 Å². The van der Waals surface area contributed by atoms with Gasteiger partial charge in [0.15, 0.2) is 0 Å². The van der Waals surface area contributed by atoms with E-state index in [0.717, 1.165) is 22.5 Å². The van der Waals surface area contributed by atoms with Crippen molar-refractivity contribution in [1.29, 1.82) is 0 Å². The lowest BCUT2D eigenvalue weighted by Gasteiger charge is -2.03. The van der Waals surface area contributed by atoms with Crippen LogP contribution in [0.2, 0.25) is 0 Å². The fraction of sp³-hybridized carbons (Fsp3) is 0.250. The number of benzene rings is 1. The van der Waals surface area contributed by atoms with Crippen LogP contribution in [-0.4, -0.2) is 16.7 Å². The normalized spacial score (nSPS) is 10.7. The first kappa shape index (κ1) is 10.8. The summed E-state index contributed by atoms with van der Waals surface area (Å²) in [5, 5.41) is 7.10. The van der Waals surface area contributed by atoms with Gasteiger partial charge in [0, 0.05) is 17.7 Å². The number of nitrogens with two attached hydrogens (primary N) is 1. The predicted octanol–water partition coefficient (Wildman–Crippen LogP) is 2.03. The Bertz CT molecular complexity index is 491. The lowest BCUT2D eigenvalue weighted by Crippen LogP contribution is -2.04. The first-order valence-electron chi connectivity index (χ1n) is 5.22. The molecular formula is C12H14FN3. The maximum Gasteiger partial charge on any atom is 0.123 e. The monoisotopic (exact) mass is 219 g/mol. The highest BCUT2D eigenvalue weighted by Gasteiger charge is 2.11. The third-order valence-electron chi connectivity index (χ3n) is 2.52. The Morgan fingerprint density at radius 2 is 2.25 bits per heavy atom. The molecule has 0 aliphatic heterocycles. The van der Waals surface area contributed by atoms with E-state index >= 15 is 0 Å². The topological polar surface area (TPSA) is 54.7 Å². The molecule has 0 aliphatic rings. The van der Waals surface area contributed by atoms with E-state index in [-0.39, 0.29) is 5.82 Å². The maximum atomic E-state index is 13.2. The largest absolute Gasteiger partial charge is 0.330 e. The number of halogens is 1. The number of hydrogen-bond donors (Lipinski definition) is 2. The maximum absolute atomic E-state index is 13.2. The van der Waals surface area contributed by atoms with Gasteiger partial charge in [-0.25, -0.2) is 4.39 Å². The van der Waals surface area contributed by atoms with Gasteiger partial charge in [-0.1, -0.05) is 12.1 Å². The molecule has 0 saturated carbocycles. The van der Waals surface area contributed by atoms with Crippen molar-refractivity contribution < 1.29 is 4.39 Å². The summed E-state index contributed by atoms with van der Waals surface area (Å²) in [4.78, 5) is 0. The number of aromatic amines is 1. The average molecular weight is 219 g/mol. The van der Waals surface area contributed by atoms with E-state index < -0.39 is 0 Å². The summed E-state index contributed by atoms with van der Waals surface area (Å²) in [5.74, 6) is -0.239. The van der Waals surface area contributed by atoms with Gasteiger partial charge in [-0.15, -0.1) is 0 Å². The number of aryl methyl sites for hydroxylation is 1. The van der Waals surface area contributed by atoms with Gasteiger partial charge < -0.3 is 5.73 Å². The second kappa shape index (κ2) is 4.45. The minimum atomic E-state index is -0.239. The molecule has 0 unspecified atom stereocenters. The van der Waals surface area contributed by atoms with E-state index in [0.29, 0.717) is 13.0 Å². The van der Waals surface area contributed by atoms with Crippen molar-refractivity contribution >= 4 is 0 Å². The van der Waals surface area contributed by atoms with Crippen LogP contribution in [0.5, 0.6) is 0 Å². The van der Waals surface area contributed by atoms with Gasteiger partial charge in [0.25, 0.3) is 0 Å². The highest BCUT2D eigenvalue weighted by molar-refractivity contribution is 5.68. The number of nitrogens with zero attached hydrogens (tertiary/aromatic N) is 1. The summed E-state index contributed by atoms with van der Waals surface area (Å²) in [6.45, 7) is 2.46. The lowest BCUT2D eigenvalue weighted by atomic mass is 10.0. The van der Waals surface area contributed by atoms with Crippen LogP contribution in [0.4, 0.5) is 4.39 Å². The van der Waals surface area contributed by atoms with Gasteiger partial charge in [-0.2, -0.15) is 5.10 Å². The molecule has 2 aromatic rings. The van der Waals surface area contributed by atoms with Crippen molar-refractivity contribution in [2.24, 2.45) is 5.73 Å². The van der Waals surface area contributed by atoms with Gasteiger partial charge in [0.1, 0.15) is 5.82 Å². The van der Waals surface area contributed by atoms with Crippen molar-refractivity contribution in [1.82, 2.24) is 10.2 Å². The molecule has 2 rings (SSSR count). The molecular weight excluding hydrogens is 205 g/mol. The van der Waals surface area contributed by atoms with E-state index in [4.69, 9.17) is 5.73 Å². The van der Waals surface area contributed by atoms with E-state index in [1.807, 2.05) is 13.0 Å². The smallest absolute Gasteiger partial charge is 0.123 e. The molecule has 16 heavy (non-hydrogen) atoms. The Balaban J connectivity index is 2.50. The molecule has 3 N–H and O–H groups in total. The number of rotatable bonds is 3. The van der Waals surface area contributed by atoms with E-state index in [9.17, 15) is 4.39 Å². The summed E-state index contributed by atoms with van der Waals surface area (Å²) in [5.41, 5.74) is 9.16. The molecule has 1 aromatic carbocycles. The SMILES string of the molecule is Cc1[nH]nc(CCN)c1-c1cccc(F)c1. The summed E-state index contributed by atoms with van der Waals surface area (Å²) >= 11 is 0. The zero-order valence-corrected chi connectivity index (χ0v) is 9.13. The molecule has 0 bridgehead atoms. The zero-order chi connectivity index (χ0) is 11.5. The standard InChI is InChI=1S/C12H14FN3/c1-8-12(11(5-6-14)16-15-8)9-3-2-4-10(13)7-9/h2-4,7H,5-6,14H2,1H3,(H,15,16). The zero-order valence-electron chi connectivity index (χ0n) is 9.13. The van der Waals surface area contributed by atoms with Crippen molar-refractivity contribution in [3.63, 3.8) is 0 Å². The van der Waals surface area contributed by atoms with Crippen LogP contribution in [0.15, 0.2) is 24.3 Å². The van der Waals surface area contributed by atoms with E-state index in [2.05, 4.69) is 10.2 Å². The summed E-state index contributed by atoms with van der Waals surface area (Å²) < 4.78 is 13.2. The second-order valence-corrected chi connectivity index (χ2v) is 3.72. The Morgan fingerprint density at radius 3 is 2.94 bits per heavy atom. The van der Waals surface area contributed by atoms with Crippen molar-refractivity contribution in [3.8, 4) is 11.1 Å². The third-order valence-corrected chi connectivity index (χ3v) is 2.52. The van der Waals surface area contributed by atoms with E-state index in [1.54, 1.807) is 6.07 Å². The minimum absolute atomic E-state index is 0.239. The van der Waals surface area contributed by atoms with Gasteiger partial charge in [0.05, 0.1) is 5.69 Å². The number of H-pyrrole nitrogens is 1. The van der Waals surface area contributed by atoms with Crippen molar-refractivity contribution in [3.05, 3.63) is 41.5 Å². The molecule has 0 amide bonds. The van der Waals surface area contributed by atoms with Crippen LogP contribution in [0.1, 0.15) is 11.4 Å². The predicted molar refractivity (Wildman–Crippen MR) is 61.5 cm³/mol. The summed E-state index contributed by atoms with van der Waals surface area (Å²) in [6.07, 6.45) is 0.691. The quantitative estimate of drug-likeness (QED) is 0.829. The molecule has 84 valence electrons. The second-order valence-electron chi connectivity index (χ2n) is 3.72. The van der Waals surface area contributed by atoms with Crippen LogP contribution in [0, 0.1) is 12.7 Å². The molecule has 1 aromatic heterocycles. The Hall–Kier alpha value is -1.68. The molecule has 4 heteroatoms. The average Bonchev–Trinajstić information content (AvgIpc) is 2.60. The van der Waals surface area contributed by atoms with Gasteiger partial charge in [-0.05, 0) is 31.2 Å². The fourth-order valence-electron chi connectivity index (χ4n) is 1.82. The molecule has 3 nitrogen and oxygen atoms in total. The Kier molecular flexibility index (Phi) is 3.01. The third kappa shape index (κ3) is 1.97. The molecule has 0 spiro atoms. The van der Waals surface area contributed by atoms with Gasteiger partial charge in [-0.3, -0.25) is 5.10 Å². The number of aromatic nitrogens is 2. The molecule has 0 aliphatic carbocycles. The van der Waals surface area contributed by atoms with E-state index in [1.165, 1.54) is 12.1 Å². The summed E-state index contributed by atoms with van der Waals surface area (Å²) in [6, 6.07) is 6.52. The van der Waals surface area contributed by atoms with Crippen LogP contribution in [-0.2, 0) is 6.42 Å². The number of nitrogens with one attached hydrogen (secondary N) is 1. The van der Waals surface area contributed by atoms with Crippen LogP contribution < -0.4 is 5.73 Å². The molecule has 0 atom stereocenters. The summed E-state index contributed by atoms with van der Waals surface area (Å²) in [7, 11) is 0. The molecule has 0 fully saturated rings. The Labute approximate surface area is 93.5 Å². The molecule has 0 radical (unpaired) electrons. The fourth-order valence-corrected chi connectivity index (χ4v) is 1.82.